The van der Waals surface area contributed by atoms with Gasteiger partial charge in [-0.3, -0.25) is 4.79 Å². The summed E-state index contributed by atoms with van der Waals surface area (Å²) in [7, 11) is 0. The first-order valence-corrected chi connectivity index (χ1v) is 4.78. The van der Waals surface area contributed by atoms with Gasteiger partial charge in [-0.15, -0.1) is 0 Å². The van der Waals surface area contributed by atoms with Crippen LogP contribution in [0.1, 0.15) is 20.8 Å². The molecule has 0 spiro atoms. The average molecular weight is 250 g/mol. The number of carboxylic acids is 1. The van der Waals surface area contributed by atoms with Crippen LogP contribution < -0.4 is 5.32 Å². The second kappa shape index (κ2) is 4.62. The number of nitrogens with zero attached hydrogens (tertiary/aromatic N) is 2. The summed E-state index contributed by atoms with van der Waals surface area (Å²) in [5.41, 5.74) is -0.398. The SMILES string of the molecule is O=C(O)c1ccc(F)c(NC(=O)c2cn[nH]n2)c1. The largest absolute Gasteiger partial charge is 0.478 e. The highest BCUT2D eigenvalue weighted by atomic mass is 19.1. The third-order valence-corrected chi connectivity index (χ3v) is 2.11. The molecule has 0 unspecified atom stereocenters. The number of benzene rings is 1. The third kappa shape index (κ3) is 2.32. The van der Waals surface area contributed by atoms with E-state index in [-0.39, 0.29) is 16.9 Å². The lowest BCUT2D eigenvalue weighted by Crippen LogP contribution is -2.14. The van der Waals surface area contributed by atoms with Gasteiger partial charge in [0.15, 0.2) is 5.69 Å². The van der Waals surface area contributed by atoms with Gasteiger partial charge in [0.2, 0.25) is 0 Å². The lowest BCUT2D eigenvalue weighted by Gasteiger charge is -2.05. The fourth-order valence-corrected chi connectivity index (χ4v) is 1.25. The van der Waals surface area contributed by atoms with Crippen molar-refractivity contribution in [2.45, 2.75) is 0 Å². The molecule has 1 heterocycles. The Morgan fingerprint density at radius 2 is 2.17 bits per heavy atom. The number of hydrogen-bond donors (Lipinski definition) is 3. The van der Waals surface area contributed by atoms with E-state index in [1.165, 1.54) is 0 Å². The Bertz CT molecular complexity index is 597. The second-order valence-electron chi connectivity index (χ2n) is 3.31. The Kier molecular flexibility index (Phi) is 3.00. The molecule has 1 aromatic carbocycles. The number of carbonyl (C=O) groups excluding carboxylic acids is 1. The molecule has 0 aliphatic heterocycles. The van der Waals surface area contributed by atoms with Crippen molar-refractivity contribution in [3.8, 4) is 0 Å². The van der Waals surface area contributed by atoms with Crippen molar-refractivity contribution >= 4 is 17.6 Å². The number of rotatable bonds is 3. The Morgan fingerprint density at radius 1 is 1.39 bits per heavy atom. The van der Waals surface area contributed by atoms with Crippen LogP contribution in [0, 0.1) is 5.82 Å². The van der Waals surface area contributed by atoms with Crippen LogP contribution in [0.15, 0.2) is 24.4 Å². The number of anilines is 1. The van der Waals surface area contributed by atoms with Crippen molar-refractivity contribution in [1.82, 2.24) is 15.4 Å². The highest BCUT2D eigenvalue weighted by molar-refractivity contribution is 6.03. The van der Waals surface area contributed by atoms with E-state index < -0.39 is 17.7 Å². The molecule has 0 saturated heterocycles. The molecule has 7 nitrogen and oxygen atoms in total. The summed E-state index contributed by atoms with van der Waals surface area (Å²) in [5, 5.41) is 20.1. The van der Waals surface area contributed by atoms with Crippen molar-refractivity contribution < 1.29 is 19.1 Å². The number of amides is 1. The van der Waals surface area contributed by atoms with Crippen LogP contribution in [0.3, 0.4) is 0 Å². The lowest BCUT2D eigenvalue weighted by atomic mass is 10.2. The van der Waals surface area contributed by atoms with Crippen molar-refractivity contribution in [3.63, 3.8) is 0 Å². The van der Waals surface area contributed by atoms with Crippen LogP contribution in [0.5, 0.6) is 0 Å². The third-order valence-electron chi connectivity index (χ3n) is 2.11. The molecule has 2 rings (SSSR count). The van der Waals surface area contributed by atoms with Crippen molar-refractivity contribution in [3.05, 3.63) is 41.5 Å². The van der Waals surface area contributed by atoms with Gasteiger partial charge in [-0.05, 0) is 18.2 Å². The van der Waals surface area contributed by atoms with Gasteiger partial charge in [0.25, 0.3) is 5.91 Å². The maximum absolute atomic E-state index is 13.4. The summed E-state index contributed by atoms with van der Waals surface area (Å²) < 4.78 is 13.4. The first kappa shape index (κ1) is 11.7. The number of H-pyrrole nitrogens is 1. The number of carboxylic acid groups (broad SMARTS) is 1. The molecule has 0 saturated carbocycles. The van der Waals surface area contributed by atoms with Gasteiger partial charge in [0, 0.05) is 0 Å². The first-order valence-electron chi connectivity index (χ1n) is 4.78. The van der Waals surface area contributed by atoms with E-state index >= 15 is 0 Å². The van der Waals surface area contributed by atoms with Crippen LogP contribution in [0.4, 0.5) is 10.1 Å². The number of carbonyl (C=O) groups is 2. The summed E-state index contributed by atoms with van der Waals surface area (Å²) >= 11 is 0. The van der Waals surface area contributed by atoms with E-state index in [1.54, 1.807) is 0 Å². The summed E-state index contributed by atoms with van der Waals surface area (Å²) in [4.78, 5) is 22.3. The van der Waals surface area contributed by atoms with E-state index in [0.29, 0.717) is 0 Å². The zero-order valence-electron chi connectivity index (χ0n) is 8.85. The molecule has 3 N–H and O–H groups in total. The number of aromatic carboxylic acids is 1. The monoisotopic (exact) mass is 250 g/mol. The molecule has 92 valence electrons. The molecule has 0 bridgehead atoms. The maximum Gasteiger partial charge on any atom is 0.335 e. The maximum atomic E-state index is 13.4. The van der Waals surface area contributed by atoms with E-state index in [4.69, 9.17) is 5.11 Å². The van der Waals surface area contributed by atoms with Gasteiger partial charge in [-0.1, -0.05) is 0 Å². The number of halogens is 1. The molecule has 0 fully saturated rings. The zero-order chi connectivity index (χ0) is 13.1. The zero-order valence-corrected chi connectivity index (χ0v) is 8.85. The lowest BCUT2D eigenvalue weighted by molar-refractivity contribution is 0.0696. The second-order valence-corrected chi connectivity index (χ2v) is 3.31. The normalized spacial score (nSPS) is 10.1. The van der Waals surface area contributed by atoms with E-state index in [9.17, 15) is 14.0 Å². The van der Waals surface area contributed by atoms with Gasteiger partial charge < -0.3 is 10.4 Å². The van der Waals surface area contributed by atoms with Gasteiger partial charge in [-0.25, -0.2) is 9.18 Å². The quantitative estimate of drug-likeness (QED) is 0.749. The van der Waals surface area contributed by atoms with Crippen LogP contribution in [0.25, 0.3) is 0 Å². The molecule has 8 heteroatoms. The highest BCUT2D eigenvalue weighted by Gasteiger charge is 2.13. The smallest absolute Gasteiger partial charge is 0.335 e. The van der Waals surface area contributed by atoms with Gasteiger partial charge in [0.05, 0.1) is 17.4 Å². The number of nitrogens with one attached hydrogen (secondary N) is 2. The topological polar surface area (TPSA) is 108 Å². The summed E-state index contributed by atoms with van der Waals surface area (Å²) in [5.74, 6) is -2.64. The Labute approximate surface area is 99.6 Å². The molecule has 2 aromatic rings. The fraction of sp³-hybridized carbons (Fsp3) is 0. The van der Waals surface area contributed by atoms with Gasteiger partial charge >= 0.3 is 5.97 Å². The molecule has 0 aliphatic carbocycles. The number of aromatic amines is 1. The molecule has 0 radical (unpaired) electrons. The average Bonchev–Trinajstić information content (AvgIpc) is 2.85. The van der Waals surface area contributed by atoms with Gasteiger partial charge in [-0.2, -0.15) is 15.4 Å². The standard InChI is InChI=1S/C10H7FN4O3/c11-6-2-1-5(10(17)18)3-7(6)13-9(16)8-4-12-15-14-8/h1-4H,(H,13,16)(H,17,18)(H,12,14,15). The molecule has 18 heavy (non-hydrogen) atoms. The Hall–Kier alpha value is -2.77. The van der Waals surface area contributed by atoms with E-state index in [0.717, 1.165) is 24.4 Å². The molecule has 0 aliphatic rings. The van der Waals surface area contributed by atoms with Crippen molar-refractivity contribution in [2.24, 2.45) is 0 Å². The van der Waals surface area contributed by atoms with Crippen LogP contribution in [-0.4, -0.2) is 32.4 Å². The Balaban J connectivity index is 2.26. The van der Waals surface area contributed by atoms with E-state index in [1.807, 2.05) is 0 Å². The highest BCUT2D eigenvalue weighted by Crippen LogP contribution is 2.16. The molecule has 0 atom stereocenters. The predicted octanol–water partition coefficient (Wildman–Crippen LogP) is 0.894. The molecular formula is C10H7FN4O3. The predicted molar refractivity (Wildman–Crippen MR) is 57.7 cm³/mol. The summed E-state index contributed by atoms with van der Waals surface area (Å²) in [6.07, 6.45) is 1.16. The molecular weight excluding hydrogens is 243 g/mol. The van der Waals surface area contributed by atoms with Crippen LogP contribution >= 0.6 is 0 Å². The Morgan fingerprint density at radius 3 is 2.78 bits per heavy atom. The summed E-state index contributed by atoms with van der Waals surface area (Å²) in [6, 6.07) is 3.08. The van der Waals surface area contributed by atoms with Gasteiger partial charge in [0.1, 0.15) is 5.82 Å². The molecule has 1 amide bonds. The van der Waals surface area contributed by atoms with Crippen molar-refractivity contribution in [1.29, 1.82) is 0 Å². The minimum atomic E-state index is -1.22. The minimum absolute atomic E-state index is 0.0323. The van der Waals surface area contributed by atoms with Crippen LogP contribution in [0.2, 0.25) is 0 Å². The summed E-state index contributed by atoms with van der Waals surface area (Å²) in [6.45, 7) is 0. The molecule has 1 aromatic heterocycles. The minimum Gasteiger partial charge on any atom is -0.478 e. The first-order chi connectivity index (χ1) is 8.58. The van der Waals surface area contributed by atoms with Crippen molar-refractivity contribution in [2.75, 3.05) is 5.32 Å². The number of hydrogen-bond acceptors (Lipinski definition) is 4. The van der Waals surface area contributed by atoms with E-state index in [2.05, 4.69) is 20.7 Å². The number of aromatic nitrogens is 3. The van der Waals surface area contributed by atoms with Crippen LogP contribution in [-0.2, 0) is 0 Å². The fourth-order valence-electron chi connectivity index (χ4n) is 1.25.